The van der Waals surface area contributed by atoms with Crippen LogP contribution in [0.25, 0.3) is 0 Å². The molecule has 0 unspecified atom stereocenters. The minimum atomic E-state index is -0.452. The molecule has 0 spiro atoms. The Balaban J connectivity index is 2.51. The Kier molecular flexibility index (Phi) is 4.72. The number of aliphatic hydroxyl groups is 1. The summed E-state index contributed by atoms with van der Waals surface area (Å²) >= 11 is 0. The highest BCUT2D eigenvalue weighted by Gasteiger charge is 2.08. The van der Waals surface area contributed by atoms with Crippen LogP contribution in [0, 0.1) is 5.82 Å². The van der Waals surface area contributed by atoms with Crippen molar-refractivity contribution in [1.29, 1.82) is 0 Å². The molecule has 0 radical (unpaired) electrons. The zero-order valence-corrected chi connectivity index (χ0v) is 9.03. The molecular weight excluding hydrogens is 211 g/mol. The van der Waals surface area contributed by atoms with Gasteiger partial charge in [0.2, 0.25) is 0 Å². The van der Waals surface area contributed by atoms with Crippen LogP contribution in [0.15, 0.2) is 24.3 Å². The van der Waals surface area contributed by atoms with Gasteiger partial charge in [0.15, 0.2) is 0 Å². The van der Waals surface area contributed by atoms with Crippen molar-refractivity contribution in [3.63, 3.8) is 0 Å². The second kappa shape index (κ2) is 6.07. The van der Waals surface area contributed by atoms with Gasteiger partial charge in [-0.25, -0.2) is 9.18 Å². The van der Waals surface area contributed by atoms with E-state index in [1.807, 2.05) is 6.92 Å². The highest BCUT2D eigenvalue weighted by atomic mass is 19.1. The third kappa shape index (κ3) is 3.86. The summed E-state index contributed by atoms with van der Waals surface area (Å²) in [6.45, 7) is 1.73. The number of carbonyl (C=O) groups is 1. The molecule has 0 saturated heterocycles. The van der Waals surface area contributed by atoms with E-state index in [-0.39, 0.29) is 12.6 Å². The molecule has 5 heteroatoms. The Hall–Kier alpha value is -1.62. The zero-order valence-electron chi connectivity index (χ0n) is 9.03. The van der Waals surface area contributed by atoms with Crippen molar-refractivity contribution in [2.24, 2.45) is 0 Å². The smallest absolute Gasteiger partial charge is 0.319 e. The lowest BCUT2D eigenvalue weighted by Gasteiger charge is -2.14. The second-order valence-electron chi connectivity index (χ2n) is 3.40. The Labute approximate surface area is 93.5 Å². The molecule has 1 aromatic rings. The van der Waals surface area contributed by atoms with Gasteiger partial charge in [0.05, 0.1) is 12.6 Å². The van der Waals surface area contributed by atoms with Crippen LogP contribution >= 0.6 is 0 Å². The van der Waals surface area contributed by atoms with Crippen LogP contribution in [0.3, 0.4) is 0 Å². The van der Waals surface area contributed by atoms with E-state index in [0.717, 1.165) is 0 Å². The van der Waals surface area contributed by atoms with Crippen LogP contribution in [0.4, 0.5) is 14.9 Å². The first kappa shape index (κ1) is 12.4. The molecule has 0 bridgehead atoms. The van der Waals surface area contributed by atoms with Gasteiger partial charge < -0.3 is 15.7 Å². The summed E-state index contributed by atoms with van der Waals surface area (Å²) in [5, 5.41) is 13.9. The molecule has 0 aliphatic carbocycles. The molecule has 88 valence electrons. The molecule has 0 aliphatic heterocycles. The Morgan fingerprint density at radius 3 is 2.88 bits per heavy atom. The number of hydrogen-bond acceptors (Lipinski definition) is 2. The van der Waals surface area contributed by atoms with E-state index < -0.39 is 11.8 Å². The molecule has 0 aromatic heterocycles. The van der Waals surface area contributed by atoms with Gasteiger partial charge in [-0.2, -0.15) is 0 Å². The highest BCUT2D eigenvalue weighted by Crippen LogP contribution is 2.08. The van der Waals surface area contributed by atoms with Gasteiger partial charge in [-0.1, -0.05) is 13.0 Å². The first-order chi connectivity index (χ1) is 7.65. The van der Waals surface area contributed by atoms with Crippen LogP contribution < -0.4 is 10.6 Å². The fraction of sp³-hybridized carbons (Fsp3) is 0.364. The van der Waals surface area contributed by atoms with Crippen molar-refractivity contribution in [2.75, 3.05) is 11.9 Å². The zero-order chi connectivity index (χ0) is 12.0. The van der Waals surface area contributed by atoms with Crippen LogP contribution in [-0.4, -0.2) is 23.8 Å². The van der Waals surface area contributed by atoms with Crippen molar-refractivity contribution in [1.82, 2.24) is 5.32 Å². The fourth-order valence-electron chi connectivity index (χ4n) is 1.20. The third-order valence-electron chi connectivity index (χ3n) is 2.13. The van der Waals surface area contributed by atoms with Crippen LogP contribution in [0.1, 0.15) is 13.3 Å². The average Bonchev–Trinajstić information content (AvgIpc) is 2.26. The minimum absolute atomic E-state index is 0.118. The van der Waals surface area contributed by atoms with E-state index in [1.54, 1.807) is 6.07 Å². The van der Waals surface area contributed by atoms with Gasteiger partial charge in [-0.05, 0) is 24.6 Å². The predicted molar refractivity (Wildman–Crippen MR) is 59.7 cm³/mol. The summed E-state index contributed by atoms with van der Waals surface area (Å²) in [4.78, 5) is 11.4. The monoisotopic (exact) mass is 226 g/mol. The molecule has 0 heterocycles. The van der Waals surface area contributed by atoms with E-state index in [2.05, 4.69) is 10.6 Å². The van der Waals surface area contributed by atoms with Gasteiger partial charge in [0, 0.05) is 5.69 Å². The summed E-state index contributed by atoms with van der Waals surface area (Å²) < 4.78 is 12.8. The number of urea groups is 1. The topological polar surface area (TPSA) is 61.4 Å². The lowest BCUT2D eigenvalue weighted by Crippen LogP contribution is -2.39. The lowest BCUT2D eigenvalue weighted by molar-refractivity contribution is 0.222. The molecule has 1 atom stereocenters. The number of carbonyl (C=O) groups excluding carboxylic acids is 1. The molecule has 2 amide bonds. The maximum Gasteiger partial charge on any atom is 0.319 e. The van der Waals surface area contributed by atoms with Gasteiger partial charge in [-0.15, -0.1) is 0 Å². The number of benzene rings is 1. The fourth-order valence-corrected chi connectivity index (χ4v) is 1.20. The Morgan fingerprint density at radius 2 is 2.31 bits per heavy atom. The van der Waals surface area contributed by atoms with Crippen molar-refractivity contribution >= 4 is 11.7 Å². The van der Waals surface area contributed by atoms with Crippen molar-refractivity contribution in [3.8, 4) is 0 Å². The van der Waals surface area contributed by atoms with Crippen LogP contribution in [-0.2, 0) is 0 Å². The van der Waals surface area contributed by atoms with Gasteiger partial charge >= 0.3 is 6.03 Å². The first-order valence-corrected chi connectivity index (χ1v) is 5.09. The van der Waals surface area contributed by atoms with Crippen molar-refractivity contribution in [3.05, 3.63) is 30.1 Å². The summed E-state index contributed by atoms with van der Waals surface area (Å²) in [6.07, 6.45) is 0.632. The summed E-state index contributed by atoms with van der Waals surface area (Å²) in [7, 11) is 0. The Morgan fingerprint density at radius 1 is 1.56 bits per heavy atom. The predicted octanol–water partition coefficient (Wildman–Crippen LogP) is 1.72. The quantitative estimate of drug-likeness (QED) is 0.732. The SMILES string of the molecule is CC[C@H](CO)NC(=O)Nc1cccc(F)c1. The van der Waals surface area contributed by atoms with E-state index in [4.69, 9.17) is 5.11 Å². The first-order valence-electron chi connectivity index (χ1n) is 5.09. The minimum Gasteiger partial charge on any atom is -0.394 e. The molecule has 4 nitrogen and oxygen atoms in total. The largest absolute Gasteiger partial charge is 0.394 e. The van der Waals surface area contributed by atoms with Gasteiger partial charge in [0.1, 0.15) is 5.82 Å². The average molecular weight is 226 g/mol. The molecule has 0 saturated carbocycles. The normalized spacial score (nSPS) is 11.9. The number of amides is 2. The van der Waals surface area contributed by atoms with Crippen LogP contribution in [0.5, 0.6) is 0 Å². The van der Waals surface area contributed by atoms with E-state index in [9.17, 15) is 9.18 Å². The maximum atomic E-state index is 12.8. The van der Waals surface area contributed by atoms with Gasteiger partial charge in [-0.3, -0.25) is 0 Å². The summed E-state index contributed by atoms with van der Waals surface area (Å²) in [5.41, 5.74) is 0.380. The third-order valence-corrected chi connectivity index (χ3v) is 2.13. The van der Waals surface area contributed by atoms with Crippen molar-refractivity contribution in [2.45, 2.75) is 19.4 Å². The number of nitrogens with one attached hydrogen (secondary N) is 2. The van der Waals surface area contributed by atoms with Crippen molar-refractivity contribution < 1.29 is 14.3 Å². The van der Waals surface area contributed by atoms with Gasteiger partial charge in [0.25, 0.3) is 0 Å². The molecule has 0 aliphatic rings. The molecule has 1 aromatic carbocycles. The number of anilines is 1. The van der Waals surface area contributed by atoms with E-state index in [1.165, 1.54) is 18.2 Å². The van der Waals surface area contributed by atoms with E-state index in [0.29, 0.717) is 12.1 Å². The number of hydrogen-bond donors (Lipinski definition) is 3. The summed E-state index contributed by atoms with van der Waals surface area (Å²) in [5.74, 6) is -0.410. The second-order valence-corrected chi connectivity index (χ2v) is 3.40. The molecule has 16 heavy (non-hydrogen) atoms. The standard InChI is InChI=1S/C11H15FN2O2/c1-2-9(7-15)13-11(16)14-10-5-3-4-8(12)6-10/h3-6,9,15H,2,7H2,1H3,(H2,13,14,16)/t9-/m1/s1. The molecule has 3 N–H and O–H groups in total. The molecule has 0 fully saturated rings. The number of halogens is 1. The van der Waals surface area contributed by atoms with Crippen LogP contribution in [0.2, 0.25) is 0 Å². The lowest BCUT2D eigenvalue weighted by atomic mass is 10.2. The number of rotatable bonds is 4. The summed E-state index contributed by atoms with van der Waals surface area (Å²) in [6, 6.07) is 4.88. The molecular formula is C11H15FN2O2. The Bertz CT molecular complexity index is 354. The molecule has 1 rings (SSSR count). The van der Waals surface area contributed by atoms with E-state index >= 15 is 0 Å². The maximum absolute atomic E-state index is 12.8. The number of aliphatic hydroxyl groups excluding tert-OH is 1. The highest BCUT2D eigenvalue weighted by molar-refractivity contribution is 5.89.